The number of hydrogen-bond acceptors (Lipinski definition) is 5. The second kappa shape index (κ2) is 6.00. The van der Waals surface area contributed by atoms with Crippen molar-refractivity contribution in [3.8, 4) is 0 Å². The molecule has 0 aliphatic carbocycles. The molecule has 16 heavy (non-hydrogen) atoms. The molecule has 0 aliphatic rings. The topological polar surface area (TPSA) is 63.8 Å². The summed E-state index contributed by atoms with van der Waals surface area (Å²) in [6.07, 6.45) is 2.06. The van der Waals surface area contributed by atoms with Crippen molar-refractivity contribution in [1.29, 1.82) is 0 Å². The molecule has 1 aromatic heterocycles. The SMILES string of the molecule is CSCCNc1nnc(C)c(C)c1C(N)=S. The van der Waals surface area contributed by atoms with Gasteiger partial charge < -0.3 is 11.1 Å². The van der Waals surface area contributed by atoms with Gasteiger partial charge in [0.15, 0.2) is 5.82 Å². The zero-order valence-electron chi connectivity index (χ0n) is 9.70. The Bertz CT molecular complexity index is 393. The molecule has 1 heterocycles. The minimum Gasteiger partial charge on any atom is -0.389 e. The van der Waals surface area contributed by atoms with Crippen LogP contribution in [0.1, 0.15) is 16.8 Å². The van der Waals surface area contributed by atoms with Crippen LogP contribution in [0.2, 0.25) is 0 Å². The Kier molecular flexibility index (Phi) is 4.95. The number of nitrogens with one attached hydrogen (secondary N) is 1. The van der Waals surface area contributed by atoms with Crippen LogP contribution >= 0.6 is 24.0 Å². The van der Waals surface area contributed by atoms with E-state index in [1.165, 1.54) is 0 Å². The van der Waals surface area contributed by atoms with Gasteiger partial charge in [-0.25, -0.2) is 0 Å². The van der Waals surface area contributed by atoms with E-state index in [1.54, 1.807) is 11.8 Å². The van der Waals surface area contributed by atoms with Gasteiger partial charge in [0.25, 0.3) is 0 Å². The summed E-state index contributed by atoms with van der Waals surface area (Å²) in [6, 6.07) is 0. The summed E-state index contributed by atoms with van der Waals surface area (Å²) in [4.78, 5) is 0.363. The molecule has 0 bridgehead atoms. The van der Waals surface area contributed by atoms with Gasteiger partial charge >= 0.3 is 0 Å². The fraction of sp³-hybridized carbons (Fsp3) is 0.500. The minimum atomic E-state index is 0.363. The minimum absolute atomic E-state index is 0.363. The first kappa shape index (κ1) is 13.2. The lowest BCUT2D eigenvalue weighted by molar-refractivity contribution is 0.950. The van der Waals surface area contributed by atoms with Gasteiger partial charge in [0, 0.05) is 12.3 Å². The van der Waals surface area contributed by atoms with Crippen LogP contribution in [0.15, 0.2) is 0 Å². The summed E-state index contributed by atoms with van der Waals surface area (Å²) < 4.78 is 0. The fourth-order valence-electron chi connectivity index (χ4n) is 1.31. The molecule has 0 unspecified atom stereocenters. The Morgan fingerprint density at radius 2 is 2.12 bits per heavy atom. The van der Waals surface area contributed by atoms with Gasteiger partial charge in [-0.3, -0.25) is 0 Å². The fourth-order valence-corrected chi connectivity index (χ4v) is 1.86. The maximum Gasteiger partial charge on any atom is 0.159 e. The van der Waals surface area contributed by atoms with Crippen molar-refractivity contribution in [1.82, 2.24) is 10.2 Å². The third kappa shape index (κ3) is 3.05. The molecule has 0 spiro atoms. The molecule has 1 aromatic rings. The lowest BCUT2D eigenvalue weighted by Gasteiger charge is -2.12. The molecule has 0 saturated carbocycles. The first-order valence-corrected chi connectivity index (χ1v) is 6.74. The summed E-state index contributed by atoms with van der Waals surface area (Å²) in [6.45, 7) is 4.68. The van der Waals surface area contributed by atoms with Crippen molar-refractivity contribution in [2.75, 3.05) is 23.9 Å². The van der Waals surface area contributed by atoms with E-state index in [-0.39, 0.29) is 0 Å². The van der Waals surface area contributed by atoms with E-state index in [0.717, 1.165) is 29.1 Å². The quantitative estimate of drug-likeness (QED) is 0.615. The lowest BCUT2D eigenvalue weighted by atomic mass is 10.1. The van der Waals surface area contributed by atoms with Crippen molar-refractivity contribution in [3.05, 3.63) is 16.8 Å². The van der Waals surface area contributed by atoms with E-state index >= 15 is 0 Å². The highest BCUT2D eigenvalue weighted by Gasteiger charge is 2.12. The van der Waals surface area contributed by atoms with Crippen LogP contribution in [0, 0.1) is 13.8 Å². The molecule has 0 radical (unpaired) electrons. The number of thiocarbonyl (C=S) groups is 1. The average Bonchev–Trinajstić information content (AvgIpc) is 2.23. The predicted octanol–water partition coefficient (Wildman–Crippen LogP) is 1.50. The molecular weight excluding hydrogens is 240 g/mol. The highest BCUT2D eigenvalue weighted by atomic mass is 32.2. The standard InChI is InChI=1S/C10H16N4S2/c1-6-7(2)13-14-10(8(6)9(11)15)12-4-5-16-3/h4-5H2,1-3H3,(H2,11,15)(H,12,14). The third-order valence-electron chi connectivity index (χ3n) is 2.30. The largest absolute Gasteiger partial charge is 0.389 e. The van der Waals surface area contributed by atoms with Crippen molar-refractivity contribution in [3.63, 3.8) is 0 Å². The zero-order chi connectivity index (χ0) is 12.1. The molecule has 0 aromatic carbocycles. The molecule has 88 valence electrons. The number of nitrogens with zero attached hydrogens (tertiary/aromatic N) is 2. The Hall–Kier alpha value is -0.880. The number of aromatic nitrogens is 2. The summed E-state index contributed by atoms with van der Waals surface area (Å²) in [5.74, 6) is 1.69. The summed E-state index contributed by atoms with van der Waals surface area (Å²) in [7, 11) is 0. The molecule has 6 heteroatoms. The number of hydrogen-bond donors (Lipinski definition) is 2. The highest BCUT2D eigenvalue weighted by Crippen LogP contribution is 2.18. The van der Waals surface area contributed by atoms with Crippen LogP contribution in [0.25, 0.3) is 0 Å². The van der Waals surface area contributed by atoms with Crippen LogP contribution in [-0.2, 0) is 0 Å². The molecule has 0 aliphatic heterocycles. The van der Waals surface area contributed by atoms with E-state index in [4.69, 9.17) is 18.0 Å². The average molecular weight is 256 g/mol. The van der Waals surface area contributed by atoms with Gasteiger partial charge in [-0.15, -0.1) is 5.10 Å². The summed E-state index contributed by atoms with van der Waals surface area (Å²) in [5.41, 5.74) is 8.37. The first-order chi connectivity index (χ1) is 7.57. The maximum atomic E-state index is 5.71. The van der Waals surface area contributed by atoms with Gasteiger partial charge in [-0.05, 0) is 25.7 Å². The normalized spacial score (nSPS) is 10.2. The van der Waals surface area contributed by atoms with Gasteiger partial charge in [-0.2, -0.15) is 16.9 Å². The van der Waals surface area contributed by atoms with Gasteiger partial charge in [0.2, 0.25) is 0 Å². The van der Waals surface area contributed by atoms with Crippen LogP contribution < -0.4 is 11.1 Å². The van der Waals surface area contributed by atoms with Gasteiger partial charge in [0.05, 0.1) is 11.3 Å². The monoisotopic (exact) mass is 256 g/mol. The van der Waals surface area contributed by atoms with E-state index in [0.29, 0.717) is 10.8 Å². The second-order valence-electron chi connectivity index (χ2n) is 3.42. The third-order valence-corrected chi connectivity index (χ3v) is 3.12. The number of rotatable bonds is 5. The molecular formula is C10H16N4S2. The van der Waals surface area contributed by atoms with E-state index < -0.39 is 0 Å². The van der Waals surface area contributed by atoms with Crippen molar-refractivity contribution in [2.45, 2.75) is 13.8 Å². The molecule has 0 atom stereocenters. The molecule has 0 fully saturated rings. The Labute approximate surface area is 105 Å². The Balaban J connectivity index is 2.99. The number of aryl methyl sites for hydroxylation is 1. The van der Waals surface area contributed by atoms with Gasteiger partial charge in [0.1, 0.15) is 4.99 Å². The smallest absolute Gasteiger partial charge is 0.159 e. The van der Waals surface area contributed by atoms with Crippen LogP contribution in [-0.4, -0.2) is 33.7 Å². The predicted molar refractivity (Wildman–Crippen MR) is 74.3 cm³/mol. The molecule has 4 nitrogen and oxygen atoms in total. The van der Waals surface area contributed by atoms with E-state index in [9.17, 15) is 0 Å². The lowest BCUT2D eigenvalue weighted by Crippen LogP contribution is -2.19. The van der Waals surface area contributed by atoms with Crippen molar-refractivity contribution >= 4 is 34.8 Å². The molecule has 0 amide bonds. The first-order valence-electron chi connectivity index (χ1n) is 4.94. The van der Waals surface area contributed by atoms with Crippen LogP contribution in [0.4, 0.5) is 5.82 Å². The molecule has 3 N–H and O–H groups in total. The van der Waals surface area contributed by atoms with E-state index in [2.05, 4.69) is 21.8 Å². The maximum absolute atomic E-state index is 5.71. The molecule has 0 saturated heterocycles. The zero-order valence-corrected chi connectivity index (χ0v) is 11.3. The van der Waals surface area contributed by atoms with Crippen molar-refractivity contribution < 1.29 is 0 Å². The van der Waals surface area contributed by atoms with Crippen molar-refractivity contribution in [2.24, 2.45) is 5.73 Å². The van der Waals surface area contributed by atoms with Gasteiger partial charge in [-0.1, -0.05) is 12.2 Å². The summed E-state index contributed by atoms with van der Waals surface area (Å²) >= 11 is 6.81. The van der Waals surface area contributed by atoms with Crippen LogP contribution in [0.3, 0.4) is 0 Å². The second-order valence-corrected chi connectivity index (χ2v) is 4.84. The van der Waals surface area contributed by atoms with E-state index in [1.807, 2.05) is 13.8 Å². The highest BCUT2D eigenvalue weighted by molar-refractivity contribution is 7.98. The number of anilines is 1. The Morgan fingerprint density at radius 3 is 2.69 bits per heavy atom. The number of nitrogens with two attached hydrogens (primary N) is 1. The Morgan fingerprint density at radius 1 is 1.44 bits per heavy atom. The van der Waals surface area contributed by atoms with Crippen LogP contribution in [0.5, 0.6) is 0 Å². The molecule has 1 rings (SSSR count). The summed E-state index contributed by atoms with van der Waals surface area (Å²) in [5, 5.41) is 11.4. The number of thioether (sulfide) groups is 1.